The Balaban J connectivity index is 1.45. The number of pyridine rings is 1. The summed E-state index contributed by atoms with van der Waals surface area (Å²) in [4.78, 5) is 25.0. The Morgan fingerprint density at radius 3 is 2.45 bits per heavy atom. The van der Waals surface area contributed by atoms with Crippen molar-refractivity contribution < 1.29 is 0 Å². The molecular formula is C31H36N6O. The van der Waals surface area contributed by atoms with E-state index in [9.17, 15) is 10.1 Å². The van der Waals surface area contributed by atoms with E-state index in [2.05, 4.69) is 63.9 Å². The number of nitriles is 1. The van der Waals surface area contributed by atoms with E-state index in [0.717, 1.165) is 85.4 Å². The molecule has 2 saturated heterocycles. The van der Waals surface area contributed by atoms with E-state index in [1.165, 1.54) is 0 Å². The van der Waals surface area contributed by atoms with E-state index >= 15 is 0 Å². The average molecular weight is 509 g/mol. The van der Waals surface area contributed by atoms with Crippen molar-refractivity contribution in [3.8, 4) is 6.07 Å². The van der Waals surface area contributed by atoms with Crippen molar-refractivity contribution in [3.63, 3.8) is 0 Å². The summed E-state index contributed by atoms with van der Waals surface area (Å²) in [6, 6.07) is 12.7. The molecule has 0 spiro atoms. The lowest BCUT2D eigenvalue weighted by atomic mass is 9.99. The van der Waals surface area contributed by atoms with Crippen LogP contribution in [0.1, 0.15) is 43.9 Å². The first kappa shape index (κ1) is 24.7. The molecule has 38 heavy (non-hydrogen) atoms. The van der Waals surface area contributed by atoms with E-state index in [1.807, 2.05) is 24.3 Å². The van der Waals surface area contributed by atoms with Gasteiger partial charge in [0.1, 0.15) is 5.65 Å². The zero-order valence-electron chi connectivity index (χ0n) is 22.6. The molecule has 7 heteroatoms. The number of piperazine rings is 1. The minimum absolute atomic E-state index is 0.0197. The van der Waals surface area contributed by atoms with Gasteiger partial charge in [0, 0.05) is 73.3 Å². The van der Waals surface area contributed by atoms with Crippen molar-refractivity contribution >= 4 is 44.6 Å². The van der Waals surface area contributed by atoms with Gasteiger partial charge in [-0.2, -0.15) is 5.26 Å². The van der Waals surface area contributed by atoms with Crippen LogP contribution in [0.15, 0.2) is 41.7 Å². The number of hydrogen-bond donors (Lipinski definition) is 1. The molecule has 4 aromatic rings. The van der Waals surface area contributed by atoms with Crippen LogP contribution in [0.25, 0.3) is 38.9 Å². The maximum atomic E-state index is 13.9. The molecule has 7 nitrogen and oxygen atoms in total. The van der Waals surface area contributed by atoms with Gasteiger partial charge in [0.15, 0.2) is 5.43 Å². The van der Waals surface area contributed by atoms with Crippen LogP contribution >= 0.6 is 0 Å². The summed E-state index contributed by atoms with van der Waals surface area (Å²) in [7, 11) is 2.21. The molecule has 196 valence electrons. The summed E-state index contributed by atoms with van der Waals surface area (Å²) >= 11 is 0. The lowest BCUT2D eigenvalue weighted by Crippen LogP contribution is -2.52. The van der Waals surface area contributed by atoms with Crippen molar-refractivity contribution in [3.05, 3.63) is 58.3 Å². The Labute approximate surface area is 223 Å². The first-order valence-electron chi connectivity index (χ1n) is 13.8. The van der Waals surface area contributed by atoms with Crippen molar-refractivity contribution in [1.82, 2.24) is 19.4 Å². The van der Waals surface area contributed by atoms with Gasteiger partial charge in [0.05, 0.1) is 22.5 Å². The molecule has 2 fully saturated rings. The molecule has 2 aromatic heterocycles. The number of nitrogens with one attached hydrogen (secondary N) is 1. The zero-order valence-corrected chi connectivity index (χ0v) is 22.6. The number of fused-ring (bicyclic) bond motifs is 4. The van der Waals surface area contributed by atoms with Crippen LogP contribution in [0.4, 0.5) is 5.69 Å². The molecule has 0 unspecified atom stereocenters. The van der Waals surface area contributed by atoms with Gasteiger partial charge in [-0.15, -0.1) is 0 Å². The van der Waals surface area contributed by atoms with Crippen molar-refractivity contribution in [2.75, 3.05) is 51.2 Å². The van der Waals surface area contributed by atoms with Gasteiger partial charge in [-0.3, -0.25) is 9.69 Å². The van der Waals surface area contributed by atoms with Gasteiger partial charge in [0.2, 0.25) is 0 Å². The number of likely N-dealkylation sites (N-methyl/N-ethyl adjacent to an activating group) is 1. The summed E-state index contributed by atoms with van der Waals surface area (Å²) in [5, 5.41) is 11.6. The molecule has 0 amide bonds. The van der Waals surface area contributed by atoms with Crippen LogP contribution < -0.4 is 10.3 Å². The third kappa shape index (κ3) is 4.00. The lowest BCUT2D eigenvalue weighted by molar-refractivity contribution is 0.0982. The van der Waals surface area contributed by atoms with Crippen LogP contribution in [0.5, 0.6) is 0 Å². The number of nitrogens with zero attached hydrogens (tertiary/aromatic N) is 5. The minimum atomic E-state index is 0.0197. The van der Waals surface area contributed by atoms with Gasteiger partial charge in [-0.25, -0.2) is 0 Å². The van der Waals surface area contributed by atoms with Crippen LogP contribution in [0, 0.1) is 11.3 Å². The first-order valence-corrected chi connectivity index (χ1v) is 13.8. The highest BCUT2D eigenvalue weighted by atomic mass is 16.1. The van der Waals surface area contributed by atoms with Crippen molar-refractivity contribution in [2.24, 2.45) is 0 Å². The largest absolute Gasteiger partial charge is 0.371 e. The summed E-state index contributed by atoms with van der Waals surface area (Å²) in [5.41, 5.74) is 5.32. The van der Waals surface area contributed by atoms with Crippen molar-refractivity contribution in [1.29, 1.82) is 5.26 Å². The third-order valence-corrected chi connectivity index (χ3v) is 8.62. The fourth-order valence-corrected chi connectivity index (χ4v) is 6.53. The van der Waals surface area contributed by atoms with E-state index in [0.29, 0.717) is 22.4 Å². The molecule has 0 radical (unpaired) electrons. The molecule has 2 aliphatic rings. The van der Waals surface area contributed by atoms with Gasteiger partial charge < -0.3 is 19.4 Å². The average Bonchev–Trinajstić information content (AvgIpc) is 3.31. The highest BCUT2D eigenvalue weighted by Gasteiger charge is 2.28. The standard InChI is InChI=1S/C31H36N6O/c1-5-22-17-25-28(18-27(22)36-10-8-23(9-11-36)35-14-12-34(4)13-15-35)37(20(2)3)31-29(30(25)38)24-7-6-21(19-32)16-26(24)33-31/h5-7,16-18,20,23,33H,1,8-15H2,2-4H3. The molecule has 0 saturated carbocycles. The second-order valence-corrected chi connectivity index (χ2v) is 11.2. The van der Waals surface area contributed by atoms with Crippen LogP contribution in [0.3, 0.4) is 0 Å². The number of H-pyrrole nitrogens is 1. The van der Waals surface area contributed by atoms with Crippen LogP contribution in [-0.2, 0) is 0 Å². The highest BCUT2D eigenvalue weighted by Crippen LogP contribution is 2.34. The molecule has 2 aromatic carbocycles. The molecule has 0 atom stereocenters. The summed E-state index contributed by atoms with van der Waals surface area (Å²) < 4.78 is 2.24. The van der Waals surface area contributed by atoms with Gasteiger partial charge in [0.25, 0.3) is 0 Å². The third-order valence-electron chi connectivity index (χ3n) is 8.62. The first-order chi connectivity index (χ1) is 18.4. The Kier molecular flexibility index (Phi) is 6.25. The van der Waals surface area contributed by atoms with Crippen molar-refractivity contribution in [2.45, 2.75) is 38.8 Å². The summed E-state index contributed by atoms with van der Waals surface area (Å²) in [6.07, 6.45) is 4.19. The summed E-state index contributed by atoms with van der Waals surface area (Å²) in [6.45, 7) is 15.0. The Morgan fingerprint density at radius 1 is 1.05 bits per heavy atom. The predicted octanol–water partition coefficient (Wildman–Crippen LogP) is 4.95. The van der Waals surface area contributed by atoms with E-state index in [1.54, 1.807) is 6.07 Å². The van der Waals surface area contributed by atoms with Crippen LogP contribution in [0.2, 0.25) is 0 Å². The fourth-order valence-electron chi connectivity index (χ4n) is 6.53. The second-order valence-electron chi connectivity index (χ2n) is 11.2. The van der Waals surface area contributed by atoms with Gasteiger partial charge >= 0.3 is 0 Å². The highest BCUT2D eigenvalue weighted by molar-refractivity contribution is 6.10. The molecule has 4 heterocycles. The molecule has 1 N–H and O–H groups in total. The topological polar surface area (TPSA) is 71.3 Å². The SMILES string of the molecule is C=Cc1cc2c(=O)c3c4ccc(C#N)cc4[nH]c3n(C(C)C)c2cc1N1CCC(N2CCN(C)CC2)CC1. The zero-order chi connectivity index (χ0) is 26.6. The number of piperidine rings is 1. The quantitative estimate of drug-likeness (QED) is 0.423. The van der Waals surface area contributed by atoms with E-state index < -0.39 is 0 Å². The minimum Gasteiger partial charge on any atom is -0.371 e. The number of benzene rings is 2. The number of aromatic amines is 1. The normalized spacial score (nSPS) is 18.1. The molecule has 2 aliphatic heterocycles. The smallest absolute Gasteiger partial charge is 0.199 e. The van der Waals surface area contributed by atoms with Gasteiger partial charge in [-0.05, 0) is 63.6 Å². The molecule has 0 aliphatic carbocycles. The predicted molar refractivity (Wildman–Crippen MR) is 157 cm³/mol. The summed E-state index contributed by atoms with van der Waals surface area (Å²) in [5.74, 6) is 0. The monoisotopic (exact) mass is 508 g/mol. The molecular weight excluding hydrogens is 472 g/mol. The Morgan fingerprint density at radius 2 is 1.79 bits per heavy atom. The maximum Gasteiger partial charge on any atom is 0.199 e. The van der Waals surface area contributed by atoms with Crippen LogP contribution in [-0.4, -0.2) is 71.7 Å². The lowest BCUT2D eigenvalue weighted by Gasteiger charge is -2.43. The second kappa shape index (κ2) is 9.61. The number of hydrogen-bond acceptors (Lipinski definition) is 5. The Hall–Kier alpha value is -3.60. The maximum absolute atomic E-state index is 13.9. The number of aromatic nitrogens is 2. The molecule has 0 bridgehead atoms. The number of rotatable bonds is 4. The Bertz CT molecular complexity index is 1640. The van der Waals surface area contributed by atoms with E-state index in [4.69, 9.17) is 0 Å². The van der Waals surface area contributed by atoms with E-state index in [-0.39, 0.29) is 11.5 Å². The fraction of sp³-hybridized carbons (Fsp3) is 0.419. The molecule has 6 rings (SSSR count). The number of anilines is 1. The van der Waals surface area contributed by atoms with Gasteiger partial charge in [-0.1, -0.05) is 18.7 Å².